The van der Waals surface area contributed by atoms with Gasteiger partial charge in [0, 0.05) is 17.9 Å². The summed E-state index contributed by atoms with van der Waals surface area (Å²) in [6, 6.07) is 18.1. The molecule has 0 spiro atoms. The monoisotopic (exact) mass is 713 g/mol. The normalized spacial score (nSPS) is 12.3. The SMILES string of the molecule is CCOP(=O)(Cc1cnc(NC(=O)c2cc(Oc3ccc(S(C)(=O)=O)cc3)cc(O[C@@H](C)COCc3ccc(OC)cc3)c2)cn1)OCC. The first-order valence-electron chi connectivity index (χ1n) is 15.4. The number of hydrogen-bond acceptors (Lipinski definition) is 12. The Morgan fingerprint density at radius 2 is 1.53 bits per heavy atom. The second-order valence-electron chi connectivity index (χ2n) is 10.8. The molecule has 1 heterocycles. The molecule has 13 nitrogen and oxygen atoms in total. The summed E-state index contributed by atoms with van der Waals surface area (Å²) in [5, 5.41) is 2.70. The van der Waals surface area contributed by atoms with E-state index in [0.29, 0.717) is 23.8 Å². The van der Waals surface area contributed by atoms with Gasteiger partial charge in [-0.1, -0.05) is 12.1 Å². The molecule has 0 fully saturated rings. The summed E-state index contributed by atoms with van der Waals surface area (Å²) in [4.78, 5) is 22.1. The fourth-order valence-corrected chi connectivity index (χ4v) is 6.70. The van der Waals surface area contributed by atoms with Crippen LogP contribution in [0.5, 0.6) is 23.0 Å². The molecule has 0 bridgehead atoms. The molecule has 262 valence electrons. The first-order valence-corrected chi connectivity index (χ1v) is 19.0. The molecule has 4 aromatic rings. The van der Waals surface area contributed by atoms with Crippen molar-refractivity contribution in [3.63, 3.8) is 0 Å². The highest BCUT2D eigenvalue weighted by Gasteiger charge is 2.25. The lowest BCUT2D eigenvalue weighted by atomic mass is 10.2. The molecular formula is C34H40N3O10PS. The van der Waals surface area contributed by atoms with Gasteiger partial charge >= 0.3 is 7.60 Å². The van der Waals surface area contributed by atoms with Gasteiger partial charge in [0.1, 0.15) is 29.1 Å². The van der Waals surface area contributed by atoms with E-state index in [1.54, 1.807) is 33.1 Å². The van der Waals surface area contributed by atoms with Crippen LogP contribution >= 0.6 is 7.60 Å². The molecule has 15 heteroatoms. The summed E-state index contributed by atoms with van der Waals surface area (Å²) in [7, 11) is -5.17. The zero-order valence-electron chi connectivity index (χ0n) is 28.0. The van der Waals surface area contributed by atoms with Crippen LogP contribution in [0, 0.1) is 0 Å². The lowest BCUT2D eigenvalue weighted by Gasteiger charge is -2.17. The quantitative estimate of drug-likeness (QED) is 0.109. The second-order valence-corrected chi connectivity index (χ2v) is 14.9. The third kappa shape index (κ3) is 11.7. The number of aromatic nitrogens is 2. The topological polar surface area (TPSA) is 161 Å². The summed E-state index contributed by atoms with van der Waals surface area (Å²) >= 11 is 0. The molecule has 3 aromatic carbocycles. The highest BCUT2D eigenvalue weighted by atomic mass is 32.2. The Balaban J connectivity index is 1.49. The average molecular weight is 714 g/mol. The number of sulfone groups is 1. The number of hydrogen-bond donors (Lipinski definition) is 1. The Kier molecular flexibility index (Phi) is 13.3. The molecule has 1 N–H and O–H groups in total. The van der Waals surface area contributed by atoms with E-state index in [1.807, 2.05) is 31.2 Å². The standard InChI is InChI=1S/C34H40N3O10PS/c1-6-44-48(39,45-7-2)23-27-19-36-33(20-35-27)37-34(38)26-16-30(46-24(3)21-43-22-25-8-10-28(42-4)11-9-25)18-31(17-26)47-29-12-14-32(15-13-29)49(5,40)41/h8-20,24H,6-7,21-23H2,1-5H3,(H,36,37,38)/t24-/m0/s1. The van der Waals surface area contributed by atoms with E-state index in [2.05, 4.69) is 15.3 Å². The van der Waals surface area contributed by atoms with Gasteiger partial charge in [0.2, 0.25) is 0 Å². The zero-order valence-corrected chi connectivity index (χ0v) is 29.7. The van der Waals surface area contributed by atoms with E-state index < -0.39 is 29.4 Å². The number of methoxy groups -OCH3 is 1. The number of anilines is 1. The molecule has 0 unspecified atom stereocenters. The number of carbonyl (C=O) groups excluding carboxylic acids is 1. The molecule has 1 amide bonds. The van der Waals surface area contributed by atoms with Gasteiger partial charge in [-0.25, -0.2) is 13.4 Å². The molecule has 0 aliphatic heterocycles. The minimum Gasteiger partial charge on any atom is -0.497 e. The molecule has 0 radical (unpaired) electrons. The lowest BCUT2D eigenvalue weighted by Crippen LogP contribution is -2.20. The average Bonchev–Trinajstić information content (AvgIpc) is 3.06. The Morgan fingerprint density at radius 3 is 2.12 bits per heavy atom. The Hall–Kier alpha value is -4.33. The van der Waals surface area contributed by atoms with Crippen LogP contribution in [0.1, 0.15) is 42.4 Å². The smallest absolute Gasteiger partial charge is 0.336 e. The number of nitrogens with zero attached hydrogens (tertiary/aromatic N) is 2. The van der Waals surface area contributed by atoms with E-state index in [-0.39, 0.29) is 48.0 Å². The van der Waals surface area contributed by atoms with Crippen LogP contribution in [-0.4, -0.2) is 63.6 Å². The summed E-state index contributed by atoms with van der Waals surface area (Å²) in [6.07, 6.45) is 3.39. The summed E-state index contributed by atoms with van der Waals surface area (Å²) < 4.78 is 70.4. The van der Waals surface area contributed by atoms with Crippen LogP contribution in [-0.2, 0) is 41.0 Å². The van der Waals surface area contributed by atoms with Crippen LogP contribution < -0.4 is 19.5 Å². The summed E-state index contributed by atoms with van der Waals surface area (Å²) in [5.41, 5.74) is 1.53. The Labute approximate surface area is 286 Å². The molecule has 1 atom stereocenters. The second kappa shape index (κ2) is 17.4. The third-order valence-corrected chi connectivity index (χ3v) is 9.84. The van der Waals surface area contributed by atoms with Gasteiger partial charge in [-0.05, 0) is 74.9 Å². The van der Waals surface area contributed by atoms with Crippen LogP contribution in [0.25, 0.3) is 0 Å². The number of ether oxygens (including phenoxy) is 4. The predicted octanol–water partition coefficient (Wildman–Crippen LogP) is 6.68. The molecule has 0 aliphatic rings. The van der Waals surface area contributed by atoms with Crippen LogP contribution in [0.15, 0.2) is 84.0 Å². The highest BCUT2D eigenvalue weighted by molar-refractivity contribution is 7.90. The maximum Gasteiger partial charge on any atom is 0.336 e. The molecule has 0 saturated carbocycles. The van der Waals surface area contributed by atoms with Gasteiger partial charge < -0.3 is 33.3 Å². The van der Waals surface area contributed by atoms with Gasteiger partial charge in [-0.15, -0.1) is 0 Å². The van der Waals surface area contributed by atoms with E-state index in [1.165, 1.54) is 42.7 Å². The van der Waals surface area contributed by atoms with Crippen molar-refractivity contribution in [3.05, 3.63) is 95.9 Å². The number of amides is 1. The number of rotatable bonds is 18. The van der Waals surface area contributed by atoms with Gasteiger partial charge in [-0.3, -0.25) is 14.3 Å². The minimum atomic E-state index is -3.39. The maximum atomic E-state index is 13.4. The molecule has 4 rings (SSSR count). The Morgan fingerprint density at radius 1 is 0.878 bits per heavy atom. The van der Waals surface area contributed by atoms with Crippen LogP contribution in [0.4, 0.5) is 5.82 Å². The first kappa shape index (κ1) is 37.5. The van der Waals surface area contributed by atoms with E-state index in [0.717, 1.165) is 17.6 Å². The Bertz CT molecular complexity index is 1830. The fourth-order valence-electron chi connectivity index (χ4n) is 4.46. The van der Waals surface area contributed by atoms with Crippen molar-refractivity contribution < 1.29 is 45.8 Å². The van der Waals surface area contributed by atoms with Crippen molar-refractivity contribution in [1.29, 1.82) is 0 Å². The summed E-state index contributed by atoms with van der Waals surface area (Å²) in [5.74, 6) is 1.34. The molecular weight excluding hydrogens is 673 g/mol. The van der Waals surface area contributed by atoms with Crippen molar-refractivity contribution in [2.45, 2.75) is 44.5 Å². The molecule has 0 saturated heterocycles. The van der Waals surface area contributed by atoms with E-state index in [4.69, 9.17) is 28.0 Å². The lowest BCUT2D eigenvalue weighted by molar-refractivity contribution is 0.0491. The van der Waals surface area contributed by atoms with Gasteiger partial charge in [-0.2, -0.15) is 0 Å². The van der Waals surface area contributed by atoms with Crippen molar-refractivity contribution in [3.8, 4) is 23.0 Å². The van der Waals surface area contributed by atoms with Gasteiger partial charge in [0.25, 0.3) is 5.91 Å². The fraction of sp³-hybridized carbons (Fsp3) is 0.324. The van der Waals surface area contributed by atoms with Crippen LogP contribution in [0.2, 0.25) is 0 Å². The van der Waals surface area contributed by atoms with Crippen molar-refractivity contribution in [2.75, 3.05) is 38.5 Å². The maximum absolute atomic E-state index is 13.4. The highest BCUT2D eigenvalue weighted by Crippen LogP contribution is 2.50. The molecule has 49 heavy (non-hydrogen) atoms. The van der Waals surface area contributed by atoms with Gasteiger partial charge in [0.05, 0.1) is 62.7 Å². The van der Waals surface area contributed by atoms with Crippen molar-refractivity contribution in [1.82, 2.24) is 9.97 Å². The predicted molar refractivity (Wildman–Crippen MR) is 183 cm³/mol. The summed E-state index contributed by atoms with van der Waals surface area (Å²) in [6.45, 7) is 6.33. The number of nitrogens with one attached hydrogen (secondary N) is 1. The van der Waals surface area contributed by atoms with Gasteiger partial charge in [0.15, 0.2) is 15.7 Å². The third-order valence-electron chi connectivity index (χ3n) is 6.70. The van der Waals surface area contributed by atoms with Crippen molar-refractivity contribution in [2.24, 2.45) is 0 Å². The van der Waals surface area contributed by atoms with E-state index in [9.17, 15) is 17.8 Å². The first-order chi connectivity index (χ1) is 23.4. The van der Waals surface area contributed by atoms with Crippen molar-refractivity contribution >= 4 is 29.2 Å². The largest absolute Gasteiger partial charge is 0.497 e. The number of carbonyl (C=O) groups is 1. The zero-order chi connectivity index (χ0) is 35.4. The minimum absolute atomic E-state index is 0.0663. The molecule has 0 aliphatic carbocycles. The number of benzene rings is 3. The van der Waals surface area contributed by atoms with Crippen LogP contribution in [0.3, 0.4) is 0 Å². The molecule has 1 aromatic heterocycles. The van der Waals surface area contributed by atoms with E-state index >= 15 is 0 Å².